The number of aliphatic hydroxyl groups is 1. The Balaban J connectivity index is 2.19. The van der Waals surface area contributed by atoms with Crippen LogP contribution in [0.3, 0.4) is 0 Å². The molecule has 0 aromatic heterocycles. The lowest BCUT2D eigenvalue weighted by atomic mass is 9.70. The molecule has 7 heteroatoms. The summed E-state index contributed by atoms with van der Waals surface area (Å²) in [4.78, 5) is 25.2. The van der Waals surface area contributed by atoms with Crippen LogP contribution in [0.5, 0.6) is 17.2 Å². The molecule has 0 saturated carbocycles. The number of fused-ring (bicyclic) bond motifs is 2. The number of aromatic hydroxyl groups is 2. The van der Waals surface area contributed by atoms with Crippen LogP contribution in [0.4, 0.5) is 0 Å². The molecule has 0 amide bonds. The zero-order chi connectivity index (χ0) is 16.2. The number of methoxy groups -OCH3 is 1. The Morgan fingerprint density at radius 2 is 1.86 bits per heavy atom. The van der Waals surface area contributed by atoms with Crippen molar-refractivity contribution in [2.24, 2.45) is 11.8 Å². The first-order chi connectivity index (χ1) is 10.3. The van der Waals surface area contributed by atoms with Crippen molar-refractivity contribution in [1.29, 1.82) is 0 Å². The average molecular weight is 308 g/mol. The van der Waals surface area contributed by atoms with Crippen LogP contribution in [-0.2, 0) is 4.74 Å². The maximum Gasteiger partial charge on any atom is 0.173 e. The number of rotatable bonds is 1. The molecule has 0 radical (unpaired) electrons. The van der Waals surface area contributed by atoms with E-state index in [1.807, 2.05) is 0 Å². The maximum absolute atomic E-state index is 12.7. The number of ketones is 2. The molecule has 1 aliphatic carbocycles. The SMILES string of the molecule is COc1cc(O)c2c(c1O)C(=O)C1CC(C)(O)OCC1C2=O. The van der Waals surface area contributed by atoms with Gasteiger partial charge in [0.1, 0.15) is 5.75 Å². The van der Waals surface area contributed by atoms with Crippen LogP contribution in [0.25, 0.3) is 0 Å². The van der Waals surface area contributed by atoms with Gasteiger partial charge in [-0.3, -0.25) is 9.59 Å². The quantitative estimate of drug-likeness (QED) is 0.659. The predicted molar refractivity (Wildman–Crippen MR) is 73.2 cm³/mol. The molecule has 2 aliphatic rings. The first-order valence-electron chi connectivity index (χ1n) is 6.84. The fraction of sp³-hybridized carbons (Fsp3) is 0.467. The van der Waals surface area contributed by atoms with Gasteiger partial charge in [0.15, 0.2) is 28.9 Å². The third-order valence-corrected chi connectivity index (χ3v) is 4.29. The van der Waals surface area contributed by atoms with Crippen LogP contribution in [0.2, 0.25) is 0 Å². The molecule has 0 spiro atoms. The van der Waals surface area contributed by atoms with Crippen molar-refractivity contribution in [3.05, 3.63) is 17.2 Å². The molecule has 1 aromatic carbocycles. The van der Waals surface area contributed by atoms with E-state index < -0.39 is 40.7 Å². The highest BCUT2D eigenvalue weighted by molar-refractivity contribution is 6.19. The van der Waals surface area contributed by atoms with E-state index in [1.165, 1.54) is 14.0 Å². The number of phenols is 2. The Kier molecular flexibility index (Phi) is 3.15. The zero-order valence-electron chi connectivity index (χ0n) is 12.1. The molecule has 3 unspecified atom stereocenters. The molecule has 1 saturated heterocycles. The van der Waals surface area contributed by atoms with E-state index in [4.69, 9.17) is 9.47 Å². The monoisotopic (exact) mass is 308 g/mol. The summed E-state index contributed by atoms with van der Waals surface area (Å²) in [5.41, 5.74) is -0.463. The Hall–Kier alpha value is -2.12. The van der Waals surface area contributed by atoms with E-state index >= 15 is 0 Å². The highest BCUT2D eigenvalue weighted by Crippen LogP contribution is 2.47. The zero-order valence-corrected chi connectivity index (χ0v) is 12.1. The minimum Gasteiger partial charge on any atom is -0.507 e. The molecule has 3 N–H and O–H groups in total. The van der Waals surface area contributed by atoms with Gasteiger partial charge in [0, 0.05) is 18.4 Å². The summed E-state index contributed by atoms with van der Waals surface area (Å²) in [6, 6.07) is 1.10. The summed E-state index contributed by atoms with van der Waals surface area (Å²) < 4.78 is 10.1. The van der Waals surface area contributed by atoms with Gasteiger partial charge >= 0.3 is 0 Å². The van der Waals surface area contributed by atoms with Crippen molar-refractivity contribution in [3.63, 3.8) is 0 Å². The van der Waals surface area contributed by atoms with Crippen molar-refractivity contribution in [2.75, 3.05) is 13.7 Å². The smallest absolute Gasteiger partial charge is 0.173 e. The second-order valence-corrected chi connectivity index (χ2v) is 5.83. The minimum absolute atomic E-state index is 0.0565. The Labute approximate surface area is 126 Å². The summed E-state index contributed by atoms with van der Waals surface area (Å²) in [5.74, 6) is -5.06. The third kappa shape index (κ3) is 1.97. The van der Waals surface area contributed by atoms with Crippen LogP contribution < -0.4 is 4.74 Å². The summed E-state index contributed by atoms with van der Waals surface area (Å²) in [5, 5.41) is 30.2. The van der Waals surface area contributed by atoms with Crippen LogP contribution in [0.1, 0.15) is 34.1 Å². The second-order valence-electron chi connectivity index (χ2n) is 5.83. The van der Waals surface area contributed by atoms with Gasteiger partial charge in [0.25, 0.3) is 0 Å². The maximum atomic E-state index is 12.7. The summed E-state index contributed by atoms with van der Waals surface area (Å²) >= 11 is 0. The summed E-state index contributed by atoms with van der Waals surface area (Å²) in [6.45, 7) is 1.30. The number of carbonyl (C=O) groups excluding carboxylic acids is 2. The van der Waals surface area contributed by atoms with Crippen LogP contribution >= 0.6 is 0 Å². The van der Waals surface area contributed by atoms with Crippen molar-refractivity contribution in [3.8, 4) is 17.2 Å². The van der Waals surface area contributed by atoms with Crippen molar-refractivity contribution in [1.82, 2.24) is 0 Å². The van der Waals surface area contributed by atoms with Gasteiger partial charge in [-0.2, -0.15) is 0 Å². The molecule has 22 heavy (non-hydrogen) atoms. The van der Waals surface area contributed by atoms with Gasteiger partial charge in [-0.25, -0.2) is 0 Å². The first kappa shape index (κ1) is 14.8. The molecule has 1 heterocycles. The van der Waals surface area contributed by atoms with Crippen LogP contribution in [0, 0.1) is 11.8 Å². The van der Waals surface area contributed by atoms with Gasteiger partial charge in [-0.15, -0.1) is 0 Å². The van der Waals surface area contributed by atoms with Crippen molar-refractivity contribution >= 4 is 11.6 Å². The molecular formula is C15H16O7. The number of carbonyl (C=O) groups is 2. The molecule has 3 atom stereocenters. The fourth-order valence-electron chi connectivity index (χ4n) is 3.18. The van der Waals surface area contributed by atoms with E-state index in [-0.39, 0.29) is 29.9 Å². The van der Waals surface area contributed by atoms with Gasteiger partial charge in [0.2, 0.25) is 0 Å². The van der Waals surface area contributed by atoms with Gasteiger partial charge in [0.05, 0.1) is 30.8 Å². The molecule has 1 aliphatic heterocycles. The molecule has 1 aromatic rings. The number of phenolic OH excluding ortho intramolecular Hbond substituents is 2. The third-order valence-electron chi connectivity index (χ3n) is 4.29. The molecule has 1 fully saturated rings. The average Bonchev–Trinajstić information content (AvgIpc) is 2.45. The summed E-state index contributed by atoms with van der Waals surface area (Å²) in [7, 11) is 1.28. The number of benzene rings is 1. The minimum atomic E-state index is -1.51. The number of ether oxygens (including phenoxy) is 2. The van der Waals surface area contributed by atoms with Gasteiger partial charge in [-0.05, 0) is 6.92 Å². The first-order valence-corrected chi connectivity index (χ1v) is 6.84. The van der Waals surface area contributed by atoms with E-state index in [1.54, 1.807) is 0 Å². The fourth-order valence-corrected chi connectivity index (χ4v) is 3.18. The van der Waals surface area contributed by atoms with E-state index in [0.717, 1.165) is 6.07 Å². The van der Waals surface area contributed by atoms with Gasteiger partial charge in [-0.1, -0.05) is 0 Å². The van der Waals surface area contributed by atoms with Crippen molar-refractivity contribution in [2.45, 2.75) is 19.1 Å². The van der Waals surface area contributed by atoms with E-state index in [0.29, 0.717) is 0 Å². The number of hydrogen-bond acceptors (Lipinski definition) is 7. The lowest BCUT2D eigenvalue weighted by Crippen LogP contribution is -2.49. The largest absolute Gasteiger partial charge is 0.507 e. The van der Waals surface area contributed by atoms with Crippen LogP contribution in [0.15, 0.2) is 6.07 Å². The van der Waals surface area contributed by atoms with Gasteiger partial charge < -0.3 is 24.8 Å². The highest BCUT2D eigenvalue weighted by Gasteiger charge is 2.50. The molecular weight excluding hydrogens is 292 g/mol. The number of Topliss-reactive ketones (excluding diaryl/α,β-unsaturated/α-hetero) is 2. The van der Waals surface area contributed by atoms with Crippen molar-refractivity contribution < 1.29 is 34.4 Å². The lowest BCUT2D eigenvalue weighted by molar-refractivity contribution is -0.227. The van der Waals surface area contributed by atoms with E-state index in [2.05, 4.69) is 0 Å². The molecule has 0 bridgehead atoms. The normalized spacial score (nSPS) is 30.7. The highest BCUT2D eigenvalue weighted by atomic mass is 16.6. The van der Waals surface area contributed by atoms with Crippen LogP contribution in [-0.4, -0.2) is 46.4 Å². The Morgan fingerprint density at radius 3 is 2.50 bits per heavy atom. The standard InChI is InChI=1S/C15H16O7/c1-15(20)4-6-7(5-22-15)13(18)10-8(16)3-9(21-2)14(19)11(10)12(6)17/h3,6-7,16,19-20H,4-5H2,1-2H3. The molecule has 118 valence electrons. The second kappa shape index (κ2) is 4.69. The lowest BCUT2D eigenvalue weighted by Gasteiger charge is -2.40. The molecule has 7 nitrogen and oxygen atoms in total. The Bertz CT molecular complexity index is 677. The molecule has 3 rings (SSSR count). The number of hydrogen-bond donors (Lipinski definition) is 3. The summed E-state index contributed by atoms with van der Waals surface area (Å²) in [6.07, 6.45) is -0.0565. The van der Waals surface area contributed by atoms with E-state index in [9.17, 15) is 24.9 Å². The Morgan fingerprint density at radius 1 is 1.23 bits per heavy atom. The topological polar surface area (TPSA) is 113 Å². The predicted octanol–water partition coefficient (Wildman–Crippen LogP) is 0.847.